The summed E-state index contributed by atoms with van der Waals surface area (Å²) in [5.74, 6) is -1.48. The topological polar surface area (TPSA) is 97.7 Å². The molecule has 0 atom stereocenters. The van der Waals surface area contributed by atoms with Gasteiger partial charge in [0.15, 0.2) is 0 Å². The van der Waals surface area contributed by atoms with E-state index in [1.54, 1.807) is 55.5 Å². The van der Waals surface area contributed by atoms with Crippen molar-refractivity contribution in [3.8, 4) is 5.69 Å². The second-order valence-electron chi connectivity index (χ2n) is 8.23. The van der Waals surface area contributed by atoms with E-state index in [-0.39, 0.29) is 11.5 Å². The number of anilines is 1. The zero-order valence-electron chi connectivity index (χ0n) is 20.4. The smallest absolute Gasteiger partial charge is 0.338 e. The van der Waals surface area contributed by atoms with Gasteiger partial charge in [-0.15, -0.1) is 0 Å². The number of carbonyl (C=O) groups excluding carboxylic acids is 4. The number of imide groups is 1. The summed E-state index contributed by atoms with van der Waals surface area (Å²) in [6.07, 6.45) is 1.64. The molecule has 0 spiro atoms. The number of thioether (sulfide) groups is 1. The lowest BCUT2D eigenvalue weighted by Crippen LogP contribution is -2.36. The molecule has 3 amide bonds. The second-order valence-corrected chi connectivity index (χ2v) is 9.63. The average Bonchev–Trinajstić information content (AvgIpc) is 3.29. The molecular formula is C27H24ClN3O5S. The zero-order valence-corrected chi connectivity index (χ0v) is 22.0. The van der Waals surface area contributed by atoms with Gasteiger partial charge >= 0.3 is 5.97 Å². The molecule has 4 rings (SSSR count). The number of ether oxygens (including phenoxy) is 1. The number of nitrogens with one attached hydrogen (secondary N) is 1. The monoisotopic (exact) mass is 537 g/mol. The number of halogens is 1. The van der Waals surface area contributed by atoms with Gasteiger partial charge in [-0.3, -0.25) is 19.3 Å². The van der Waals surface area contributed by atoms with Gasteiger partial charge in [0.25, 0.3) is 11.1 Å². The highest BCUT2D eigenvalue weighted by atomic mass is 35.5. The van der Waals surface area contributed by atoms with Crippen LogP contribution in [0.2, 0.25) is 5.02 Å². The molecule has 37 heavy (non-hydrogen) atoms. The van der Waals surface area contributed by atoms with E-state index < -0.39 is 29.6 Å². The van der Waals surface area contributed by atoms with Crippen molar-refractivity contribution in [3.63, 3.8) is 0 Å². The number of para-hydroxylation sites is 1. The van der Waals surface area contributed by atoms with Crippen LogP contribution in [0.4, 0.5) is 10.5 Å². The quantitative estimate of drug-likeness (QED) is 0.311. The summed E-state index contributed by atoms with van der Waals surface area (Å²) < 4.78 is 7.06. The first-order chi connectivity index (χ1) is 17.7. The van der Waals surface area contributed by atoms with Gasteiger partial charge in [0.2, 0.25) is 5.91 Å². The number of aromatic nitrogens is 1. The minimum absolute atomic E-state index is 0.219. The highest BCUT2D eigenvalue weighted by molar-refractivity contribution is 8.18. The van der Waals surface area contributed by atoms with Gasteiger partial charge in [-0.2, -0.15) is 0 Å². The van der Waals surface area contributed by atoms with Crippen LogP contribution in [0.1, 0.15) is 34.2 Å². The van der Waals surface area contributed by atoms with E-state index in [9.17, 15) is 19.2 Å². The Morgan fingerprint density at radius 3 is 2.57 bits per heavy atom. The maximum absolute atomic E-state index is 13.0. The van der Waals surface area contributed by atoms with Crippen molar-refractivity contribution in [1.82, 2.24) is 9.47 Å². The molecule has 0 saturated carbocycles. The van der Waals surface area contributed by atoms with Crippen molar-refractivity contribution in [3.05, 3.63) is 87.0 Å². The van der Waals surface area contributed by atoms with Crippen LogP contribution < -0.4 is 5.32 Å². The maximum Gasteiger partial charge on any atom is 0.338 e. The van der Waals surface area contributed by atoms with Crippen LogP contribution in [0.15, 0.2) is 59.5 Å². The molecule has 1 aliphatic rings. The number of amides is 3. The fourth-order valence-electron chi connectivity index (χ4n) is 3.99. The molecule has 0 radical (unpaired) electrons. The van der Waals surface area contributed by atoms with Gasteiger partial charge in [-0.05, 0) is 80.6 Å². The summed E-state index contributed by atoms with van der Waals surface area (Å²) in [4.78, 5) is 51.3. The van der Waals surface area contributed by atoms with Crippen LogP contribution in [0.3, 0.4) is 0 Å². The molecule has 1 aromatic heterocycles. The number of hydrogen-bond acceptors (Lipinski definition) is 6. The van der Waals surface area contributed by atoms with Crippen molar-refractivity contribution < 1.29 is 23.9 Å². The van der Waals surface area contributed by atoms with Crippen LogP contribution in [0.25, 0.3) is 11.8 Å². The summed E-state index contributed by atoms with van der Waals surface area (Å²) in [5, 5.41) is 2.45. The van der Waals surface area contributed by atoms with Crippen LogP contribution in [0, 0.1) is 13.8 Å². The molecule has 1 saturated heterocycles. The van der Waals surface area contributed by atoms with Gasteiger partial charge in [0.1, 0.15) is 6.54 Å². The van der Waals surface area contributed by atoms with E-state index >= 15 is 0 Å². The predicted molar refractivity (Wildman–Crippen MR) is 144 cm³/mol. The van der Waals surface area contributed by atoms with E-state index in [1.807, 2.05) is 30.5 Å². The molecule has 0 unspecified atom stereocenters. The van der Waals surface area contributed by atoms with E-state index in [1.165, 1.54) is 0 Å². The van der Waals surface area contributed by atoms with Crippen molar-refractivity contribution in [2.24, 2.45) is 0 Å². The predicted octanol–water partition coefficient (Wildman–Crippen LogP) is 5.60. The average molecular weight is 538 g/mol. The summed E-state index contributed by atoms with van der Waals surface area (Å²) >= 11 is 6.85. The van der Waals surface area contributed by atoms with Crippen LogP contribution in [-0.2, 0) is 14.3 Å². The maximum atomic E-state index is 13.0. The molecule has 0 bridgehead atoms. The van der Waals surface area contributed by atoms with E-state index in [0.717, 1.165) is 39.3 Å². The third kappa shape index (κ3) is 5.63. The molecule has 2 heterocycles. The first-order valence-corrected chi connectivity index (χ1v) is 12.6. The molecular weight excluding hydrogens is 514 g/mol. The summed E-state index contributed by atoms with van der Waals surface area (Å²) in [5.41, 5.74) is 4.04. The minimum Gasteiger partial charge on any atom is -0.462 e. The SMILES string of the molecule is CCOC(=O)c1cccc(-n2c(C)cc(/C=C3/SC(=O)N(CC(=O)Nc4ccccc4Cl)C3=O)c2C)c1. The van der Waals surface area contributed by atoms with Gasteiger partial charge in [-0.25, -0.2) is 4.79 Å². The Bertz CT molecular complexity index is 1450. The zero-order chi connectivity index (χ0) is 26.7. The normalized spacial score (nSPS) is 14.4. The Labute approximate surface area is 223 Å². The summed E-state index contributed by atoms with van der Waals surface area (Å²) in [6, 6.07) is 15.7. The molecule has 8 nitrogen and oxygen atoms in total. The number of aryl methyl sites for hydroxylation is 1. The highest BCUT2D eigenvalue weighted by Crippen LogP contribution is 2.34. The lowest BCUT2D eigenvalue weighted by Gasteiger charge is -2.13. The van der Waals surface area contributed by atoms with Crippen LogP contribution in [0.5, 0.6) is 0 Å². The Hall–Kier alpha value is -3.82. The number of rotatable bonds is 7. The molecule has 190 valence electrons. The standard InChI is InChI=1S/C27H24ClN3O5S/c1-4-36-26(34)18-8-7-9-20(13-18)31-16(2)12-19(17(31)3)14-23-25(33)30(27(35)37-23)15-24(32)29-22-11-6-5-10-21(22)28/h5-14H,4,15H2,1-3H3,(H,29,32)/b23-14+. The van der Waals surface area contributed by atoms with Gasteiger partial charge in [0.05, 0.1) is 27.8 Å². The van der Waals surface area contributed by atoms with E-state index in [4.69, 9.17) is 16.3 Å². The van der Waals surface area contributed by atoms with Crippen molar-refractivity contribution in [1.29, 1.82) is 0 Å². The molecule has 0 aliphatic carbocycles. The fraction of sp³-hybridized carbons (Fsp3) is 0.185. The minimum atomic E-state index is -0.543. The molecule has 1 N–H and O–H groups in total. The van der Waals surface area contributed by atoms with Crippen LogP contribution >= 0.6 is 23.4 Å². The largest absolute Gasteiger partial charge is 0.462 e. The van der Waals surface area contributed by atoms with Crippen molar-refractivity contribution >= 4 is 58.1 Å². The van der Waals surface area contributed by atoms with Crippen molar-refractivity contribution in [2.75, 3.05) is 18.5 Å². The fourth-order valence-corrected chi connectivity index (χ4v) is 5.00. The Morgan fingerprint density at radius 2 is 1.84 bits per heavy atom. The molecule has 2 aromatic carbocycles. The number of carbonyl (C=O) groups is 4. The third-order valence-corrected chi connectivity index (χ3v) is 6.93. The van der Waals surface area contributed by atoms with E-state index in [2.05, 4.69) is 5.32 Å². The van der Waals surface area contributed by atoms with Crippen LogP contribution in [-0.4, -0.2) is 45.6 Å². The Kier molecular flexibility index (Phi) is 7.85. The van der Waals surface area contributed by atoms with Gasteiger partial charge in [-0.1, -0.05) is 29.8 Å². The highest BCUT2D eigenvalue weighted by Gasteiger charge is 2.36. The second kappa shape index (κ2) is 11.1. The Balaban J connectivity index is 1.54. The van der Waals surface area contributed by atoms with Gasteiger partial charge in [0, 0.05) is 17.1 Å². The third-order valence-electron chi connectivity index (χ3n) is 5.70. The lowest BCUT2D eigenvalue weighted by atomic mass is 10.2. The lowest BCUT2D eigenvalue weighted by molar-refractivity contribution is -0.127. The molecule has 10 heteroatoms. The Morgan fingerprint density at radius 1 is 1.08 bits per heavy atom. The molecule has 3 aromatic rings. The molecule has 1 aliphatic heterocycles. The summed E-state index contributed by atoms with van der Waals surface area (Å²) in [7, 11) is 0. The van der Waals surface area contributed by atoms with Crippen molar-refractivity contribution in [2.45, 2.75) is 20.8 Å². The molecule has 1 fully saturated rings. The number of nitrogens with zero attached hydrogens (tertiary/aromatic N) is 2. The van der Waals surface area contributed by atoms with Gasteiger partial charge < -0.3 is 14.6 Å². The number of esters is 1. The summed E-state index contributed by atoms with van der Waals surface area (Å²) in [6.45, 7) is 5.41. The first-order valence-electron chi connectivity index (χ1n) is 11.5. The first kappa shape index (κ1) is 26.2. The van der Waals surface area contributed by atoms with E-state index in [0.29, 0.717) is 16.3 Å². The number of hydrogen-bond donors (Lipinski definition) is 1. The number of benzene rings is 2.